The predicted octanol–water partition coefficient (Wildman–Crippen LogP) is 0.943. The fraction of sp³-hybridized carbons (Fsp3) is 0.556. The minimum atomic E-state index is -0.938. The van der Waals surface area contributed by atoms with Gasteiger partial charge in [-0.05, 0) is 25.3 Å². The lowest BCUT2D eigenvalue weighted by atomic mass is 9.92. The Morgan fingerprint density at radius 2 is 2.15 bits per heavy atom. The molecule has 1 fully saturated rings. The molecule has 0 spiro atoms. The van der Waals surface area contributed by atoms with E-state index in [0.717, 1.165) is 25.9 Å². The highest BCUT2D eigenvalue weighted by atomic mass is 16.3. The van der Waals surface area contributed by atoms with Crippen molar-refractivity contribution in [1.82, 2.24) is 24.4 Å². The van der Waals surface area contributed by atoms with Crippen LogP contribution in [0.5, 0.6) is 0 Å². The number of hydrogen-bond donors (Lipinski definition) is 1. The minimum absolute atomic E-state index is 0.0478. The van der Waals surface area contributed by atoms with Crippen molar-refractivity contribution < 1.29 is 9.90 Å². The van der Waals surface area contributed by atoms with Gasteiger partial charge in [-0.1, -0.05) is 0 Å². The van der Waals surface area contributed by atoms with E-state index in [-0.39, 0.29) is 5.91 Å². The average Bonchev–Trinajstić information content (AvgIpc) is 3.15. The van der Waals surface area contributed by atoms with E-state index >= 15 is 0 Å². The van der Waals surface area contributed by atoms with E-state index < -0.39 is 5.60 Å². The number of aromatic nitrogens is 4. The van der Waals surface area contributed by atoms with Gasteiger partial charge >= 0.3 is 0 Å². The number of rotatable bonds is 7. The van der Waals surface area contributed by atoms with E-state index in [1.54, 1.807) is 42.9 Å². The third-order valence-electron chi connectivity index (χ3n) is 4.71. The number of anilines is 1. The molecule has 2 aromatic heterocycles. The standard InChI is InChI=1S/C18H26N6O2/c1-22(16(25)5-2-10-23-12-9-19-15-23)13-18(26)6-3-11-24(14-18)17-20-7-4-8-21-17/h4,7-9,12,15,26H,2-3,5-6,10-11,13-14H2,1H3. The van der Waals surface area contributed by atoms with E-state index in [9.17, 15) is 9.90 Å². The van der Waals surface area contributed by atoms with Crippen LogP contribution in [0.2, 0.25) is 0 Å². The number of aryl methyl sites for hydroxylation is 1. The number of carbonyl (C=O) groups excluding carboxylic acids is 1. The zero-order valence-electron chi connectivity index (χ0n) is 15.2. The molecule has 1 N–H and O–H groups in total. The van der Waals surface area contributed by atoms with Crippen LogP contribution in [0.4, 0.5) is 5.95 Å². The van der Waals surface area contributed by atoms with E-state index in [1.807, 2.05) is 15.7 Å². The van der Waals surface area contributed by atoms with Crippen LogP contribution in [-0.2, 0) is 11.3 Å². The van der Waals surface area contributed by atoms with Gasteiger partial charge in [0.1, 0.15) is 0 Å². The molecule has 1 unspecified atom stereocenters. The topological polar surface area (TPSA) is 87.4 Å². The van der Waals surface area contributed by atoms with Crippen molar-refractivity contribution in [2.45, 2.75) is 37.8 Å². The van der Waals surface area contributed by atoms with Crippen molar-refractivity contribution in [3.63, 3.8) is 0 Å². The van der Waals surface area contributed by atoms with Crippen molar-refractivity contribution in [1.29, 1.82) is 0 Å². The largest absolute Gasteiger partial charge is 0.386 e. The van der Waals surface area contributed by atoms with Crippen LogP contribution in [0.3, 0.4) is 0 Å². The summed E-state index contributed by atoms with van der Waals surface area (Å²) in [4.78, 5) is 28.5. The molecule has 8 nitrogen and oxygen atoms in total. The molecule has 3 heterocycles. The highest BCUT2D eigenvalue weighted by Crippen LogP contribution is 2.24. The van der Waals surface area contributed by atoms with E-state index in [4.69, 9.17) is 0 Å². The number of nitrogens with zero attached hydrogens (tertiary/aromatic N) is 6. The molecule has 0 aliphatic carbocycles. The number of carbonyl (C=O) groups is 1. The quantitative estimate of drug-likeness (QED) is 0.793. The van der Waals surface area contributed by atoms with Crippen molar-refractivity contribution in [3.8, 4) is 0 Å². The molecule has 1 aliphatic heterocycles. The number of likely N-dealkylation sites (N-methyl/N-ethyl adjacent to an activating group) is 1. The van der Waals surface area contributed by atoms with Crippen molar-refractivity contribution in [2.75, 3.05) is 31.6 Å². The number of imidazole rings is 1. The number of aliphatic hydroxyl groups is 1. The maximum Gasteiger partial charge on any atom is 0.225 e. The number of amides is 1. The second-order valence-corrected chi connectivity index (χ2v) is 6.95. The molecule has 0 radical (unpaired) electrons. The second-order valence-electron chi connectivity index (χ2n) is 6.95. The van der Waals surface area contributed by atoms with Gasteiger partial charge in [0.15, 0.2) is 0 Å². The fourth-order valence-corrected chi connectivity index (χ4v) is 3.42. The first kappa shape index (κ1) is 18.3. The molecule has 1 atom stereocenters. The van der Waals surface area contributed by atoms with Gasteiger partial charge in [0.25, 0.3) is 0 Å². The van der Waals surface area contributed by atoms with Gasteiger partial charge < -0.3 is 19.5 Å². The summed E-state index contributed by atoms with van der Waals surface area (Å²) in [6.45, 7) is 2.34. The molecule has 0 bridgehead atoms. The molecule has 2 aromatic rings. The SMILES string of the molecule is CN(CC1(O)CCCN(c2ncccn2)C1)C(=O)CCCn1ccnc1. The average molecular weight is 358 g/mol. The molecule has 0 aromatic carbocycles. The number of piperidine rings is 1. The van der Waals surface area contributed by atoms with Crippen LogP contribution < -0.4 is 4.90 Å². The Hall–Kier alpha value is -2.48. The summed E-state index contributed by atoms with van der Waals surface area (Å²) in [6, 6.07) is 1.77. The molecule has 140 valence electrons. The predicted molar refractivity (Wildman–Crippen MR) is 97.5 cm³/mol. The number of β-amino-alcohol motifs (C(OH)–C–C–N with tert-alkyl or cyclic N) is 1. The first-order valence-electron chi connectivity index (χ1n) is 9.00. The Bertz CT molecular complexity index is 693. The van der Waals surface area contributed by atoms with Crippen LogP contribution in [0.15, 0.2) is 37.2 Å². The molecule has 0 saturated carbocycles. The third kappa shape index (κ3) is 4.78. The molecule has 1 aliphatic rings. The molecule has 26 heavy (non-hydrogen) atoms. The first-order valence-corrected chi connectivity index (χ1v) is 9.00. The second kappa shape index (κ2) is 8.27. The fourth-order valence-electron chi connectivity index (χ4n) is 3.42. The highest BCUT2D eigenvalue weighted by Gasteiger charge is 2.36. The monoisotopic (exact) mass is 358 g/mol. The summed E-state index contributed by atoms with van der Waals surface area (Å²) >= 11 is 0. The summed E-state index contributed by atoms with van der Waals surface area (Å²) < 4.78 is 1.96. The maximum atomic E-state index is 12.4. The summed E-state index contributed by atoms with van der Waals surface area (Å²) in [5.41, 5.74) is -0.938. The Kier molecular flexibility index (Phi) is 5.82. The van der Waals surface area contributed by atoms with Crippen molar-refractivity contribution in [2.24, 2.45) is 0 Å². The van der Waals surface area contributed by atoms with Crippen LogP contribution in [0.25, 0.3) is 0 Å². The molecule has 1 saturated heterocycles. The lowest BCUT2D eigenvalue weighted by molar-refractivity contribution is -0.133. The molecular weight excluding hydrogens is 332 g/mol. The Balaban J connectivity index is 1.50. The van der Waals surface area contributed by atoms with Crippen LogP contribution >= 0.6 is 0 Å². The number of hydrogen-bond acceptors (Lipinski definition) is 6. The van der Waals surface area contributed by atoms with Crippen molar-refractivity contribution in [3.05, 3.63) is 37.2 Å². The van der Waals surface area contributed by atoms with Gasteiger partial charge in [-0.2, -0.15) is 0 Å². The minimum Gasteiger partial charge on any atom is -0.386 e. The van der Waals surface area contributed by atoms with Crippen LogP contribution in [0, 0.1) is 0 Å². The summed E-state index contributed by atoms with van der Waals surface area (Å²) in [5, 5.41) is 11.0. The van der Waals surface area contributed by atoms with Gasteiger partial charge in [-0.15, -0.1) is 0 Å². The highest BCUT2D eigenvalue weighted by molar-refractivity contribution is 5.75. The van der Waals surface area contributed by atoms with E-state index in [2.05, 4.69) is 15.0 Å². The van der Waals surface area contributed by atoms with Gasteiger partial charge in [0, 0.05) is 51.3 Å². The Morgan fingerprint density at radius 3 is 2.88 bits per heavy atom. The summed E-state index contributed by atoms with van der Waals surface area (Å²) in [6.07, 6.45) is 11.5. The molecule has 8 heteroatoms. The van der Waals surface area contributed by atoms with Crippen molar-refractivity contribution >= 4 is 11.9 Å². The lowest BCUT2D eigenvalue weighted by Gasteiger charge is -2.41. The van der Waals surface area contributed by atoms with E-state index in [0.29, 0.717) is 31.9 Å². The Labute approximate surface area is 153 Å². The maximum absolute atomic E-state index is 12.4. The van der Waals surface area contributed by atoms with Gasteiger partial charge in [0.05, 0.1) is 25.0 Å². The molecule has 1 amide bonds. The molecular formula is C18H26N6O2. The first-order chi connectivity index (χ1) is 12.6. The van der Waals surface area contributed by atoms with Gasteiger partial charge in [-0.25, -0.2) is 15.0 Å². The zero-order valence-corrected chi connectivity index (χ0v) is 15.2. The Morgan fingerprint density at radius 1 is 1.35 bits per heavy atom. The van der Waals surface area contributed by atoms with Crippen LogP contribution in [-0.4, -0.2) is 67.7 Å². The summed E-state index contributed by atoms with van der Waals surface area (Å²) in [7, 11) is 1.76. The molecule has 3 rings (SSSR count). The third-order valence-corrected chi connectivity index (χ3v) is 4.71. The lowest BCUT2D eigenvalue weighted by Crippen LogP contribution is -2.55. The normalized spacial score (nSPS) is 20.2. The van der Waals surface area contributed by atoms with Crippen LogP contribution in [0.1, 0.15) is 25.7 Å². The van der Waals surface area contributed by atoms with Gasteiger partial charge in [0.2, 0.25) is 11.9 Å². The smallest absolute Gasteiger partial charge is 0.225 e. The van der Waals surface area contributed by atoms with E-state index in [1.165, 1.54) is 0 Å². The van der Waals surface area contributed by atoms with Gasteiger partial charge in [-0.3, -0.25) is 4.79 Å². The summed E-state index contributed by atoms with van der Waals surface area (Å²) in [5.74, 6) is 0.673. The zero-order chi connectivity index (χ0) is 18.4.